The van der Waals surface area contributed by atoms with Crippen molar-refractivity contribution in [1.82, 2.24) is 0 Å². The summed E-state index contributed by atoms with van der Waals surface area (Å²) in [5.74, 6) is 1.87. The molecule has 0 atom stereocenters. The highest BCUT2D eigenvalue weighted by Crippen LogP contribution is 2.26. The Morgan fingerprint density at radius 2 is 1.54 bits per heavy atom. The van der Waals surface area contributed by atoms with Crippen molar-refractivity contribution in [1.29, 1.82) is 0 Å². The van der Waals surface area contributed by atoms with Gasteiger partial charge in [-0.1, -0.05) is 39.0 Å². The lowest BCUT2D eigenvalue weighted by atomic mass is 9.83. The predicted molar refractivity (Wildman–Crippen MR) is 55.7 cm³/mol. The van der Waals surface area contributed by atoms with E-state index < -0.39 is 0 Å². The number of hydrogen-bond acceptors (Lipinski definition) is 1. The third-order valence-corrected chi connectivity index (χ3v) is 3.32. The Kier molecular flexibility index (Phi) is 4.47. The van der Waals surface area contributed by atoms with E-state index >= 15 is 0 Å². The van der Waals surface area contributed by atoms with E-state index in [0.717, 1.165) is 18.8 Å². The maximum Gasteiger partial charge on any atom is 0.132 e. The topological polar surface area (TPSA) is 17.1 Å². The van der Waals surface area contributed by atoms with E-state index in [0.29, 0.717) is 11.7 Å². The molecule has 0 spiro atoms. The summed E-state index contributed by atoms with van der Waals surface area (Å²) in [6.45, 7) is 4.02. The Balaban J connectivity index is 0.000000132. The summed E-state index contributed by atoms with van der Waals surface area (Å²) in [5, 5.41) is 0. The number of ketones is 1. The van der Waals surface area contributed by atoms with E-state index in [1.54, 1.807) is 6.92 Å². The summed E-state index contributed by atoms with van der Waals surface area (Å²) in [5.41, 5.74) is 0. The van der Waals surface area contributed by atoms with Gasteiger partial charge in [-0.05, 0) is 25.7 Å². The first-order valence-electron chi connectivity index (χ1n) is 5.70. The lowest BCUT2D eigenvalue weighted by molar-refractivity contribution is -0.122. The van der Waals surface area contributed by atoms with E-state index in [1.165, 1.54) is 32.1 Å². The van der Waals surface area contributed by atoms with Gasteiger partial charge in [0.15, 0.2) is 0 Å². The average molecular weight is 182 g/mol. The molecule has 76 valence electrons. The molecule has 2 saturated carbocycles. The SMILES string of the molecule is CC(=O)C1CCC1.CC1CCCC1. The molecule has 0 aromatic heterocycles. The van der Waals surface area contributed by atoms with Gasteiger partial charge >= 0.3 is 0 Å². The molecule has 2 fully saturated rings. The number of carbonyl (C=O) groups is 1. The lowest BCUT2D eigenvalue weighted by Crippen LogP contribution is -2.18. The zero-order chi connectivity index (χ0) is 9.68. The minimum Gasteiger partial charge on any atom is -0.300 e. The zero-order valence-corrected chi connectivity index (χ0v) is 9.01. The van der Waals surface area contributed by atoms with Crippen LogP contribution in [0.3, 0.4) is 0 Å². The molecule has 0 unspecified atom stereocenters. The third kappa shape index (κ3) is 3.93. The molecule has 0 heterocycles. The quantitative estimate of drug-likeness (QED) is 0.606. The van der Waals surface area contributed by atoms with Crippen LogP contribution in [0.25, 0.3) is 0 Å². The normalized spacial score (nSPS) is 23.2. The molecule has 0 aromatic carbocycles. The van der Waals surface area contributed by atoms with Crippen molar-refractivity contribution in [2.45, 2.75) is 58.8 Å². The molecule has 0 amide bonds. The number of carbonyl (C=O) groups excluding carboxylic acids is 1. The minimum atomic E-state index is 0.381. The molecule has 2 aliphatic carbocycles. The van der Waals surface area contributed by atoms with Gasteiger partial charge in [-0.15, -0.1) is 0 Å². The lowest BCUT2D eigenvalue weighted by Gasteiger charge is -2.21. The van der Waals surface area contributed by atoms with Crippen molar-refractivity contribution >= 4 is 5.78 Å². The van der Waals surface area contributed by atoms with Gasteiger partial charge < -0.3 is 0 Å². The fraction of sp³-hybridized carbons (Fsp3) is 0.917. The van der Waals surface area contributed by atoms with Crippen LogP contribution in [0.5, 0.6) is 0 Å². The second kappa shape index (κ2) is 5.41. The van der Waals surface area contributed by atoms with Crippen LogP contribution >= 0.6 is 0 Å². The van der Waals surface area contributed by atoms with Crippen molar-refractivity contribution in [2.75, 3.05) is 0 Å². The molecule has 0 aromatic rings. The van der Waals surface area contributed by atoms with Gasteiger partial charge in [0, 0.05) is 5.92 Å². The molecule has 0 aliphatic heterocycles. The van der Waals surface area contributed by atoms with E-state index in [9.17, 15) is 4.79 Å². The van der Waals surface area contributed by atoms with Crippen LogP contribution in [0.15, 0.2) is 0 Å². The van der Waals surface area contributed by atoms with Crippen molar-refractivity contribution in [3.63, 3.8) is 0 Å². The van der Waals surface area contributed by atoms with Gasteiger partial charge in [0.25, 0.3) is 0 Å². The number of Topliss-reactive ketones (excluding diaryl/α,β-unsaturated/α-hetero) is 1. The highest BCUT2D eigenvalue weighted by molar-refractivity contribution is 5.78. The van der Waals surface area contributed by atoms with Crippen LogP contribution in [0.2, 0.25) is 0 Å². The van der Waals surface area contributed by atoms with Gasteiger partial charge in [0.05, 0.1) is 0 Å². The van der Waals surface area contributed by atoms with Crippen molar-refractivity contribution in [3.8, 4) is 0 Å². The number of hydrogen-bond donors (Lipinski definition) is 0. The molecule has 13 heavy (non-hydrogen) atoms. The largest absolute Gasteiger partial charge is 0.300 e. The smallest absolute Gasteiger partial charge is 0.132 e. The van der Waals surface area contributed by atoms with Crippen LogP contribution in [-0.4, -0.2) is 5.78 Å². The predicted octanol–water partition coefficient (Wildman–Crippen LogP) is 3.57. The van der Waals surface area contributed by atoms with E-state index in [4.69, 9.17) is 0 Å². The minimum absolute atomic E-state index is 0.381. The second-order valence-corrected chi connectivity index (χ2v) is 4.63. The molecular weight excluding hydrogens is 160 g/mol. The molecule has 0 radical (unpaired) electrons. The third-order valence-electron chi connectivity index (χ3n) is 3.32. The molecular formula is C12H22O. The number of rotatable bonds is 1. The molecule has 2 aliphatic rings. The summed E-state index contributed by atoms with van der Waals surface area (Å²) >= 11 is 0. The van der Waals surface area contributed by atoms with E-state index in [1.807, 2.05) is 0 Å². The molecule has 1 nitrogen and oxygen atoms in total. The molecule has 1 heteroatoms. The van der Waals surface area contributed by atoms with E-state index in [-0.39, 0.29) is 0 Å². The first kappa shape index (κ1) is 10.7. The average Bonchev–Trinajstić information content (AvgIpc) is 2.35. The first-order valence-corrected chi connectivity index (χ1v) is 5.70. The Morgan fingerprint density at radius 3 is 1.62 bits per heavy atom. The van der Waals surface area contributed by atoms with Crippen molar-refractivity contribution < 1.29 is 4.79 Å². The van der Waals surface area contributed by atoms with Crippen molar-refractivity contribution in [2.24, 2.45) is 11.8 Å². The van der Waals surface area contributed by atoms with Gasteiger partial charge in [-0.3, -0.25) is 4.79 Å². The van der Waals surface area contributed by atoms with Crippen LogP contribution in [-0.2, 0) is 4.79 Å². The first-order chi connectivity index (χ1) is 6.20. The monoisotopic (exact) mass is 182 g/mol. The zero-order valence-electron chi connectivity index (χ0n) is 9.01. The summed E-state index contributed by atoms with van der Waals surface area (Å²) < 4.78 is 0. The molecule has 2 rings (SSSR count). The van der Waals surface area contributed by atoms with Crippen LogP contribution in [0, 0.1) is 11.8 Å². The summed E-state index contributed by atoms with van der Waals surface area (Å²) in [6, 6.07) is 0. The Bertz CT molecular complexity index is 153. The Morgan fingerprint density at radius 1 is 1.00 bits per heavy atom. The fourth-order valence-electron chi connectivity index (χ4n) is 1.94. The summed E-state index contributed by atoms with van der Waals surface area (Å²) in [7, 11) is 0. The van der Waals surface area contributed by atoms with Crippen LogP contribution in [0.4, 0.5) is 0 Å². The summed E-state index contributed by atoms with van der Waals surface area (Å²) in [4.78, 5) is 10.4. The van der Waals surface area contributed by atoms with Crippen molar-refractivity contribution in [3.05, 3.63) is 0 Å². The van der Waals surface area contributed by atoms with Crippen LogP contribution in [0.1, 0.15) is 58.8 Å². The fourth-order valence-corrected chi connectivity index (χ4v) is 1.94. The van der Waals surface area contributed by atoms with Gasteiger partial charge in [-0.25, -0.2) is 0 Å². The maximum atomic E-state index is 10.4. The summed E-state index contributed by atoms with van der Waals surface area (Å²) in [6.07, 6.45) is 9.51. The standard InChI is InChI=1S/C6H10O.C6H12/c1-5(7)6-3-2-4-6;1-6-4-2-3-5-6/h6H,2-4H2,1H3;6H,2-5H2,1H3. The highest BCUT2D eigenvalue weighted by atomic mass is 16.1. The van der Waals surface area contributed by atoms with E-state index in [2.05, 4.69) is 6.92 Å². The van der Waals surface area contributed by atoms with Gasteiger partial charge in [0.2, 0.25) is 0 Å². The van der Waals surface area contributed by atoms with Gasteiger partial charge in [-0.2, -0.15) is 0 Å². The Labute approximate surface area is 81.9 Å². The highest BCUT2D eigenvalue weighted by Gasteiger charge is 2.20. The Hall–Kier alpha value is -0.330. The molecule has 0 bridgehead atoms. The molecule has 0 saturated heterocycles. The van der Waals surface area contributed by atoms with Gasteiger partial charge in [0.1, 0.15) is 5.78 Å². The second-order valence-electron chi connectivity index (χ2n) is 4.63. The molecule has 0 N–H and O–H groups in total. The maximum absolute atomic E-state index is 10.4. The van der Waals surface area contributed by atoms with Crippen LogP contribution < -0.4 is 0 Å².